The second-order valence-corrected chi connectivity index (χ2v) is 9.68. The van der Waals surface area contributed by atoms with Gasteiger partial charge in [-0.15, -0.1) is 0 Å². The summed E-state index contributed by atoms with van der Waals surface area (Å²) in [5.41, 5.74) is 1.01. The Bertz CT molecular complexity index is 1200. The first-order valence-corrected chi connectivity index (χ1v) is 11.8. The fourth-order valence-corrected chi connectivity index (χ4v) is 5.42. The number of nitrogens with one attached hydrogen (secondary N) is 1. The number of piperidine rings is 1. The Morgan fingerprint density at radius 1 is 1.25 bits per heavy atom. The summed E-state index contributed by atoms with van der Waals surface area (Å²) >= 11 is 7.55. The zero-order chi connectivity index (χ0) is 22.5. The van der Waals surface area contributed by atoms with E-state index < -0.39 is 5.54 Å². The van der Waals surface area contributed by atoms with Crippen LogP contribution in [-0.2, 0) is 11.3 Å². The second kappa shape index (κ2) is 7.90. The number of imide groups is 1. The van der Waals surface area contributed by atoms with Crippen molar-refractivity contribution in [2.24, 2.45) is 5.92 Å². The predicted molar refractivity (Wildman–Crippen MR) is 121 cm³/mol. The van der Waals surface area contributed by atoms with Gasteiger partial charge in [-0.05, 0) is 60.2 Å². The lowest BCUT2D eigenvalue weighted by Crippen LogP contribution is -2.54. The van der Waals surface area contributed by atoms with Crippen molar-refractivity contribution in [3.63, 3.8) is 0 Å². The summed E-state index contributed by atoms with van der Waals surface area (Å²) in [5.74, 6) is -0.389. The molecular formula is C22H22ClN5O3S. The van der Waals surface area contributed by atoms with Crippen LogP contribution in [-0.4, -0.2) is 55.7 Å². The summed E-state index contributed by atoms with van der Waals surface area (Å²) in [7, 11) is 0. The number of hydrogen-bond acceptors (Lipinski definition) is 5. The maximum absolute atomic E-state index is 13.2. The molecule has 0 aliphatic carbocycles. The van der Waals surface area contributed by atoms with Crippen LogP contribution in [0.25, 0.3) is 5.65 Å². The van der Waals surface area contributed by atoms with Gasteiger partial charge in [-0.2, -0.15) is 11.3 Å². The highest BCUT2D eigenvalue weighted by Gasteiger charge is 2.52. The van der Waals surface area contributed by atoms with Gasteiger partial charge in [0, 0.05) is 25.5 Å². The second-order valence-electron chi connectivity index (χ2n) is 8.46. The number of urea groups is 1. The largest absolute Gasteiger partial charge is 0.337 e. The summed E-state index contributed by atoms with van der Waals surface area (Å²) in [4.78, 5) is 46.2. The van der Waals surface area contributed by atoms with Crippen LogP contribution in [0.5, 0.6) is 0 Å². The molecule has 1 atom stereocenters. The molecule has 1 N–H and O–H groups in total. The molecule has 3 aromatic rings. The van der Waals surface area contributed by atoms with E-state index in [0.717, 1.165) is 5.56 Å². The van der Waals surface area contributed by atoms with Gasteiger partial charge in [0.05, 0.1) is 11.6 Å². The van der Waals surface area contributed by atoms with Gasteiger partial charge in [-0.1, -0.05) is 11.6 Å². The fourth-order valence-electron chi connectivity index (χ4n) is 4.59. The van der Waals surface area contributed by atoms with Gasteiger partial charge in [-0.3, -0.25) is 14.5 Å². The van der Waals surface area contributed by atoms with Crippen molar-refractivity contribution in [2.45, 2.75) is 31.8 Å². The average molecular weight is 472 g/mol. The molecule has 1 unspecified atom stereocenters. The summed E-state index contributed by atoms with van der Waals surface area (Å²) in [6.45, 7) is 3.08. The van der Waals surface area contributed by atoms with E-state index in [1.165, 1.54) is 16.2 Å². The van der Waals surface area contributed by atoms with Crippen LogP contribution in [0.4, 0.5) is 4.79 Å². The molecule has 10 heteroatoms. The smallest absolute Gasteiger partial charge is 0.325 e. The minimum absolute atomic E-state index is 0.0460. The first kappa shape index (κ1) is 21.0. The SMILES string of the molecule is CC1(C2CCN(C(=O)c3cn4cc(Cl)ccc4n3)CC2)NC(=O)N(Cc2ccsc2)C1=O. The zero-order valence-corrected chi connectivity index (χ0v) is 19.0. The predicted octanol–water partition coefficient (Wildman–Crippen LogP) is 3.41. The molecule has 2 aliphatic heterocycles. The minimum atomic E-state index is -0.956. The number of carbonyl (C=O) groups excluding carboxylic acids is 3. The average Bonchev–Trinajstić information content (AvgIpc) is 3.49. The third-order valence-corrected chi connectivity index (χ3v) is 7.41. The van der Waals surface area contributed by atoms with Gasteiger partial charge in [0.15, 0.2) is 0 Å². The Labute approximate surface area is 193 Å². The van der Waals surface area contributed by atoms with Crippen LogP contribution in [0, 0.1) is 5.92 Å². The van der Waals surface area contributed by atoms with Gasteiger partial charge < -0.3 is 14.6 Å². The Balaban J connectivity index is 1.26. The molecule has 8 nitrogen and oxygen atoms in total. The third kappa shape index (κ3) is 3.55. The van der Waals surface area contributed by atoms with Gasteiger partial charge in [0.25, 0.3) is 11.8 Å². The lowest BCUT2D eigenvalue weighted by atomic mass is 9.79. The molecule has 2 fully saturated rings. The quantitative estimate of drug-likeness (QED) is 0.591. The van der Waals surface area contributed by atoms with Crippen LogP contribution in [0.3, 0.4) is 0 Å². The van der Waals surface area contributed by atoms with E-state index in [9.17, 15) is 14.4 Å². The van der Waals surface area contributed by atoms with Crippen molar-refractivity contribution < 1.29 is 14.4 Å². The Kier molecular flexibility index (Phi) is 5.17. The summed E-state index contributed by atoms with van der Waals surface area (Å²) in [6.07, 6.45) is 4.64. The molecule has 0 radical (unpaired) electrons. The molecule has 5 rings (SSSR count). The van der Waals surface area contributed by atoms with Crippen molar-refractivity contribution in [1.82, 2.24) is 24.5 Å². The lowest BCUT2D eigenvalue weighted by molar-refractivity contribution is -0.133. The van der Waals surface area contributed by atoms with Crippen molar-refractivity contribution in [1.29, 1.82) is 0 Å². The number of halogens is 1. The van der Waals surface area contributed by atoms with Gasteiger partial charge >= 0.3 is 6.03 Å². The minimum Gasteiger partial charge on any atom is -0.337 e. The van der Waals surface area contributed by atoms with Crippen LogP contribution >= 0.6 is 22.9 Å². The highest BCUT2D eigenvalue weighted by molar-refractivity contribution is 7.07. The first-order valence-electron chi connectivity index (χ1n) is 10.4. The van der Waals surface area contributed by atoms with Crippen molar-refractivity contribution in [2.75, 3.05) is 13.1 Å². The summed E-state index contributed by atoms with van der Waals surface area (Å²) in [5, 5.41) is 7.36. The Hall–Kier alpha value is -2.91. The summed E-state index contributed by atoms with van der Waals surface area (Å²) in [6, 6.07) is 5.06. The highest BCUT2D eigenvalue weighted by atomic mass is 35.5. The number of pyridine rings is 1. The number of nitrogens with zero attached hydrogens (tertiary/aromatic N) is 4. The molecule has 32 heavy (non-hydrogen) atoms. The number of carbonyl (C=O) groups is 3. The Morgan fingerprint density at radius 2 is 2.03 bits per heavy atom. The Morgan fingerprint density at radius 3 is 2.75 bits per heavy atom. The van der Waals surface area contributed by atoms with E-state index in [4.69, 9.17) is 11.6 Å². The van der Waals surface area contributed by atoms with Crippen molar-refractivity contribution >= 4 is 46.4 Å². The van der Waals surface area contributed by atoms with Gasteiger partial charge in [-0.25, -0.2) is 9.78 Å². The molecule has 0 spiro atoms. The van der Waals surface area contributed by atoms with E-state index in [1.807, 2.05) is 16.8 Å². The van der Waals surface area contributed by atoms with Crippen LogP contribution in [0.15, 0.2) is 41.4 Å². The maximum atomic E-state index is 13.2. The molecular weight excluding hydrogens is 450 g/mol. The van der Waals surface area contributed by atoms with E-state index >= 15 is 0 Å². The van der Waals surface area contributed by atoms with E-state index in [0.29, 0.717) is 42.3 Å². The van der Waals surface area contributed by atoms with Crippen molar-refractivity contribution in [3.05, 3.63) is 57.6 Å². The number of imidazole rings is 1. The molecule has 4 amide bonds. The monoisotopic (exact) mass is 471 g/mol. The zero-order valence-electron chi connectivity index (χ0n) is 17.5. The van der Waals surface area contributed by atoms with Gasteiger partial charge in [0.2, 0.25) is 0 Å². The summed E-state index contributed by atoms with van der Waals surface area (Å²) < 4.78 is 1.73. The third-order valence-electron chi connectivity index (χ3n) is 6.45. The molecule has 0 aromatic carbocycles. The molecule has 2 saturated heterocycles. The number of fused-ring (bicyclic) bond motifs is 1. The first-order chi connectivity index (χ1) is 15.3. The van der Waals surface area contributed by atoms with E-state index in [-0.39, 0.29) is 30.3 Å². The highest BCUT2D eigenvalue weighted by Crippen LogP contribution is 2.34. The normalized spacial score (nSPS) is 22.1. The number of likely N-dealkylation sites (tertiary alicyclic amines) is 1. The van der Waals surface area contributed by atoms with Crippen LogP contribution in [0.1, 0.15) is 35.8 Å². The number of aromatic nitrogens is 2. The number of thiophene rings is 1. The standard InChI is InChI=1S/C22H22ClN5O3S/c1-22(20(30)28(21(31)25-22)10-14-6-9-32-13-14)15-4-7-26(8-5-15)19(29)17-12-27-11-16(23)2-3-18(27)24-17/h2-3,6,9,11-13,15H,4-5,7-8,10H2,1H3,(H,25,31). The number of rotatable bonds is 4. The fraction of sp³-hybridized carbons (Fsp3) is 0.364. The number of hydrogen-bond donors (Lipinski definition) is 1. The molecule has 3 aromatic heterocycles. The molecule has 2 aliphatic rings. The topological polar surface area (TPSA) is 87.0 Å². The van der Waals surface area contributed by atoms with Gasteiger partial charge in [0.1, 0.15) is 16.9 Å². The molecule has 0 saturated carbocycles. The molecule has 0 bridgehead atoms. The van der Waals surface area contributed by atoms with E-state index in [1.54, 1.807) is 40.8 Å². The van der Waals surface area contributed by atoms with Crippen molar-refractivity contribution in [3.8, 4) is 0 Å². The number of amides is 4. The lowest BCUT2D eigenvalue weighted by Gasteiger charge is -2.38. The molecule has 166 valence electrons. The van der Waals surface area contributed by atoms with Crippen LogP contribution in [0.2, 0.25) is 5.02 Å². The van der Waals surface area contributed by atoms with E-state index in [2.05, 4.69) is 10.3 Å². The van der Waals surface area contributed by atoms with Crippen LogP contribution < -0.4 is 5.32 Å². The maximum Gasteiger partial charge on any atom is 0.325 e. The molecule has 5 heterocycles.